The van der Waals surface area contributed by atoms with Crippen molar-refractivity contribution in [1.82, 2.24) is 23.7 Å². The van der Waals surface area contributed by atoms with Gasteiger partial charge in [-0.15, -0.1) is 0 Å². The van der Waals surface area contributed by atoms with Crippen LogP contribution in [-0.2, 0) is 21.9 Å². The molecule has 0 N–H and O–H groups in total. The van der Waals surface area contributed by atoms with E-state index in [-0.39, 0.29) is 23.4 Å². The summed E-state index contributed by atoms with van der Waals surface area (Å²) in [4.78, 5) is 25.4. The number of nitrogens with zero attached hydrogens (tertiary/aromatic N) is 6. The van der Waals surface area contributed by atoms with Gasteiger partial charge in [-0.25, -0.2) is 18.4 Å². The molecule has 1 amide bonds. The number of rotatable bonds is 4. The van der Waals surface area contributed by atoms with E-state index in [0.717, 1.165) is 18.9 Å². The molecule has 10 heteroatoms. The van der Waals surface area contributed by atoms with Crippen molar-refractivity contribution in [1.29, 1.82) is 0 Å². The van der Waals surface area contributed by atoms with Crippen LogP contribution in [0.4, 0.5) is 5.82 Å². The Labute approximate surface area is 171 Å². The maximum atomic E-state index is 13.1. The van der Waals surface area contributed by atoms with Crippen LogP contribution in [0.25, 0.3) is 0 Å². The Bertz CT molecular complexity index is 953. The van der Waals surface area contributed by atoms with Crippen molar-refractivity contribution in [3.63, 3.8) is 0 Å². The first-order valence-corrected chi connectivity index (χ1v) is 11.3. The molecule has 2 fully saturated rings. The third-order valence-corrected chi connectivity index (χ3v) is 7.33. The van der Waals surface area contributed by atoms with E-state index < -0.39 is 10.0 Å². The normalized spacial score (nSPS) is 21.3. The molecule has 9 nitrogen and oxygen atoms in total. The number of pyridine rings is 1. The van der Waals surface area contributed by atoms with Crippen LogP contribution in [0, 0.1) is 5.92 Å². The second-order valence-corrected chi connectivity index (χ2v) is 9.46. The van der Waals surface area contributed by atoms with E-state index in [2.05, 4.69) is 14.9 Å². The number of aryl methyl sites for hydroxylation is 1. The van der Waals surface area contributed by atoms with E-state index >= 15 is 0 Å². The Balaban J connectivity index is 1.38. The monoisotopic (exact) mass is 418 g/mol. The molecule has 0 bridgehead atoms. The van der Waals surface area contributed by atoms with E-state index in [1.54, 1.807) is 17.8 Å². The number of carbonyl (C=O) groups is 1. The Morgan fingerprint density at radius 1 is 1.10 bits per heavy atom. The van der Waals surface area contributed by atoms with Gasteiger partial charge in [0, 0.05) is 58.7 Å². The van der Waals surface area contributed by atoms with Crippen LogP contribution in [0.3, 0.4) is 0 Å². The fraction of sp³-hybridized carbons (Fsp3) is 0.526. The molecule has 156 valence electrons. The minimum atomic E-state index is -3.67. The van der Waals surface area contributed by atoms with Crippen molar-refractivity contribution in [3.05, 3.63) is 36.9 Å². The summed E-state index contributed by atoms with van der Waals surface area (Å²) < 4.78 is 28.7. The van der Waals surface area contributed by atoms with Crippen LogP contribution in [0.15, 0.2) is 41.9 Å². The second kappa shape index (κ2) is 8.11. The number of piperazine rings is 1. The zero-order chi connectivity index (χ0) is 20.4. The molecule has 0 spiro atoms. The third-order valence-electron chi connectivity index (χ3n) is 5.58. The van der Waals surface area contributed by atoms with Crippen LogP contribution in [0.1, 0.15) is 12.8 Å². The van der Waals surface area contributed by atoms with Crippen molar-refractivity contribution in [2.75, 3.05) is 44.2 Å². The van der Waals surface area contributed by atoms with Gasteiger partial charge in [-0.3, -0.25) is 4.79 Å². The molecular formula is C19H26N6O3S. The van der Waals surface area contributed by atoms with Crippen LogP contribution in [0.2, 0.25) is 0 Å². The highest BCUT2D eigenvalue weighted by molar-refractivity contribution is 7.89. The summed E-state index contributed by atoms with van der Waals surface area (Å²) in [6.45, 7) is 3.35. The van der Waals surface area contributed by atoms with E-state index in [0.29, 0.717) is 32.5 Å². The summed E-state index contributed by atoms with van der Waals surface area (Å²) >= 11 is 0. The summed E-state index contributed by atoms with van der Waals surface area (Å²) in [5, 5.41) is 0.0390. The molecule has 2 aliphatic rings. The molecule has 1 unspecified atom stereocenters. The van der Waals surface area contributed by atoms with Gasteiger partial charge >= 0.3 is 0 Å². The number of sulfonamides is 1. The van der Waals surface area contributed by atoms with Gasteiger partial charge in [-0.05, 0) is 25.0 Å². The molecule has 2 aliphatic heterocycles. The Morgan fingerprint density at radius 2 is 1.90 bits per heavy atom. The summed E-state index contributed by atoms with van der Waals surface area (Å²) in [6, 6.07) is 5.81. The van der Waals surface area contributed by atoms with E-state index in [1.165, 1.54) is 16.8 Å². The summed E-state index contributed by atoms with van der Waals surface area (Å²) in [6.07, 6.45) is 6.13. The smallest absolute Gasteiger partial charge is 0.262 e. The standard InChI is InChI=1S/C19H26N6O3S/c1-22-14-18(21-15-22)29(27,28)25-8-4-5-16(13-25)19(26)24-11-9-23(10-12-24)17-6-2-3-7-20-17/h2-3,6-7,14-16H,4-5,8-13H2,1H3. The summed E-state index contributed by atoms with van der Waals surface area (Å²) in [5.74, 6) is 0.667. The fourth-order valence-corrected chi connectivity index (χ4v) is 5.46. The van der Waals surface area contributed by atoms with Gasteiger partial charge in [0.2, 0.25) is 5.91 Å². The molecular weight excluding hydrogens is 392 g/mol. The first-order valence-electron chi connectivity index (χ1n) is 9.88. The maximum Gasteiger partial charge on any atom is 0.262 e. The largest absolute Gasteiger partial charge is 0.353 e. The molecule has 0 radical (unpaired) electrons. The lowest BCUT2D eigenvalue weighted by atomic mass is 9.98. The first-order chi connectivity index (χ1) is 13.9. The van der Waals surface area contributed by atoms with Gasteiger partial charge in [-0.1, -0.05) is 6.07 Å². The molecule has 2 aromatic heterocycles. The second-order valence-electron chi connectivity index (χ2n) is 7.58. The topological polar surface area (TPSA) is 91.6 Å². The van der Waals surface area contributed by atoms with Crippen molar-refractivity contribution >= 4 is 21.7 Å². The number of carbonyl (C=O) groups excluding carboxylic acids is 1. The van der Waals surface area contributed by atoms with E-state index in [4.69, 9.17) is 0 Å². The van der Waals surface area contributed by atoms with Gasteiger partial charge in [0.1, 0.15) is 5.82 Å². The Morgan fingerprint density at radius 3 is 2.55 bits per heavy atom. The highest BCUT2D eigenvalue weighted by atomic mass is 32.2. The SMILES string of the molecule is Cn1cnc(S(=O)(=O)N2CCCC(C(=O)N3CCN(c4ccccn4)CC3)C2)c1. The summed E-state index contributed by atoms with van der Waals surface area (Å²) in [5.41, 5.74) is 0. The minimum absolute atomic E-state index is 0.0390. The quantitative estimate of drug-likeness (QED) is 0.721. The number of imidazole rings is 1. The van der Waals surface area contributed by atoms with Crippen LogP contribution < -0.4 is 4.90 Å². The molecule has 2 aromatic rings. The van der Waals surface area contributed by atoms with Crippen LogP contribution in [-0.4, -0.2) is 77.3 Å². The fourth-order valence-electron chi connectivity index (χ4n) is 3.97. The number of aromatic nitrogens is 3. The molecule has 1 atom stereocenters. The van der Waals surface area contributed by atoms with E-state index in [1.807, 2.05) is 23.1 Å². The predicted octanol–water partition coefficient (Wildman–Crippen LogP) is 0.565. The number of hydrogen-bond donors (Lipinski definition) is 0. The highest BCUT2D eigenvalue weighted by Gasteiger charge is 2.36. The van der Waals surface area contributed by atoms with Crippen LogP contribution in [0.5, 0.6) is 0 Å². The molecule has 0 aromatic carbocycles. The molecule has 0 saturated carbocycles. The zero-order valence-corrected chi connectivity index (χ0v) is 17.3. The first kappa shape index (κ1) is 19.8. The number of amides is 1. The zero-order valence-electron chi connectivity index (χ0n) is 16.5. The molecule has 29 heavy (non-hydrogen) atoms. The number of hydrogen-bond acceptors (Lipinski definition) is 6. The highest BCUT2D eigenvalue weighted by Crippen LogP contribution is 2.25. The average molecular weight is 419 g/mol. The van der Waals surface area contributed by atoms with Crippen molar-refractivity contribution in [2.24, 2.45) is 13.0 Å². The molecule has 4 heterocycles. The predicted molar refractivity (Wildman–Crippen MR) is 108 cm³/mol. The van der Waals surface area contributed by atoms with Gasteiger partial charge in [0.05, 0.1) is 12.2 Å². The van der Waals surface area contributed by atoms with Gasteiger partial charge in [0.25, 0.3) is 10.0 Å². The van der Waals surface area contributed by atoms with E-state index in [9.17, 15) is 13.2 Å². The Kier molecular flexibility index (Phi) is 5.55. The minimum Gasteiger partial charge on any atom is -0.353 e. The maximum absolute atomic E-state index is 13.1. The molecule has 4 rings (SSSR count). The average Bonchev–Trinajstić information content (AvgIpc) is 3.21. The van der Waals surface area contributed by atoms with Crippen molar-refractivity contribution < 1.29 is 13.2 Å². The lowest BCUT2D eigenvalue weighted by Gasteiger charge is -2.39. The Hall–Kier alpha value is -2.46. The lowest BCUT2D eigenvalue weighted by molar-refractivity contribution is -0.137. The summed E-state index contributed by atoms with van der Waals surface area (Å²) in [7, 11) is -1.93. The van der Waals surface area contributed by atoms with Crippen LogP contribution >= 0.6 is 0 Å². The van der Waals surface area contributed by atoms with Gasteiger partial charge in [-0.2, -0.15) is 4.31 Å². The van der Waals surface area contributed by atoms with Gasteiger partial charge < -0.3 is 14.4 Å². The third kappa shape index (κ3) is 4.13. The number of piperidine rings is 1. The molecule has 0 aliphatic carbocycles. The van der Waals surface area contributed by atoms with Gasteiger partial charge in [0.15, 0.2) is 5.03 Å². The van der Waals surface area contributed by atoms with Crippen molar-refractivity contribution in [3.8, 4) is 0 Å². The molecule has 2 saturated heterocycles. The number of anilines is 1. The van der Waals surface area contributed by atoms with Crippen molar-refractivity contribution in [2.45, 2.75) is 17.9 Å². The lowest BCUT2D eigenvalue weighted by Crippen LogP contribution is -2.53.